The normalized spacial score (nSPS) is 17.2. The molecule has 1 amide bonds. The molecule has 0 radical (unpaired) electrons. The number of ether oxygens (including phenoxy) is 1. The van der Waals surface area contributed by atoms with Crippen LogP contribution >= 0.6 is 12.4 Å². The second kappa shape index (κ2) is 10.1. The van der Waals surface area contributed by atoms with Gasteiger partial charge >= 0.3 is 0 Å². The molecule has 7 heteroatoms. The first-order valence-corrected chi connectivity index (χ1v) is 8.55. The minimum Gasteiger partial charge on any atom is -0.497 e. The summed E-state index contributed by atoms with van der Waals surface area (Å²) in [6.07, 6.45) is 4.14. The second-order valence-electron chi connectivity index (χ2n) is 6.07. The molecule has 2 N–H and O–H groups in total. The highest BCUT2D eigenvalue weighted by Gasteiger charge is 2.24. The zero-order valence-corrected chi connectivity index (χ0v) is 15.7. The standard InChI is InChI=1S/C19H24N4O2.ClH/c1-25-17-6-2-5-16(12-17)22-19(24)7-10-23-11-9-21-14-18(23)15-4-3-8-20-13-15;/h2-6,8,12-13,18,21H,7,9-11,14H2,1H3,(H,22,24);1H. The third-order valence-corrected chi connectivity index (χ3v) is 4.40. The Labute approximate surface area is 160 Å². The number of nitrogens with one attached hydrogen (secondary N) is 2. The molecule has 2 heterocycles. The Kier molecular flexibility index (Phi) is 7.84. The smallest absolute Gasteiger partial charge is 0.225 e. The van der Waals surface area contributed by atoms with Crippen LogP contribution in [-0.2, 0) is 4.79 Å². The molecule has 26 heavy (non-hydrogen) atoms. The van der Waals surface area contributed by atoms with Crippen LogP contribution in [0.5, 0.6) is 5.75 Å². The molecule has 0 saturated carbocycles. The van der Waals surface area contributed by atoms with E-state index in [0.717, 1.165) is 37.6 Å². The number of hydrogen-bond donors (Lipinski definition) is 2. The summed E-state index contributed by atoms with van der Waals surface area (Å²) in [5, 5.41) is 6.36. The molecular formula is C19H25ClN4O2. The van der Waals surface area contributed by atoms with E-state index in [2.05, 4.69) is 26.6 Å². The number of carbonyl (C=O) groups excluding carboxylic acids is 1. The van der Waals surface area contributed by atoms with Crippen molar-refractivity contribution in [3.63, 3.8) is 0 Å². The average Bonchev–Trinajstić information content (AvgIpc) is 2.67. The molecule has 1 saturated heterocycles. The minimum atomic E-state index is 0. The van der Waals surface area contributed by atoms with Gasteiger partial charge in [-0.3, -0.25) is 14.7 Å². The van der Waals surface area contributed by atoms with Crippen molar-refractivity contribution in [1.29, 1.82) is 0 Å². The topological polar surface area (TPSA) is 66.5 Å². The Morgan fingerprint density at radius 1 is 1.38 bits per heavy atom. The third kappa shape index (κ3) is 5.42. The van der Waals surface area contributed by atoms with Crippen LogP contribution < -0.4 is 15.4 Å². The number of halogens is 1. The van der Waals surface area contributed by atoms with Gasteiger partial charge in [-0.2, -0.15) is 0 Å². The van der Waals surface area contributed by atoms with Crippen LogP contribution in [0.4, 0.5) is 5.69 Å². The van der Waals surface area contributed by atoms with Crippen molar-refractivity contribution < 1.29 is 9.53 Å². The van der Waals surface area contributed by atoms with E-state index in [-0.39, 0.29) is 24.4 Å². The number of nitrogens with zero attached hydrogens (tertiary/aromatic N) is 2. The number of carbonyl (C=O) groups is 1. The summed E-state index contributed by atoms with van der Waals surface area (Å²) in [6.45, 7) is 3.46. The maximum absolute atomic E-state index is 12.3. The van der Waals surface area contributed by atoms with Gasteiger partial charge in [-0.05, 0) is 23.8 Å². The van der Waals surface area contributed by atoms with Crippen LogP contribution in [0.15, 0.2) is 48.8 Å². The van der Waals surface area contributed by atoms with Gasteiger partial charge in [-0.15, -0.1) is 12.4 Å². The molecule has 1 aromatic carbocycles. The van der Waals surface area contributed by atoms with Crippen molar-refractivity contribution in [2.75, 3.05) is 38.6 Å². The molecule has 6 nitrogen and oxygen atoms in total. The summed E-state index contributed by atoms with van der Waals surface area (Å²) >= 11 is 0. The summed E-state index contributed by atoms with van der Waals surface area (Å²) in [5.74, 6) is 0.744. The zero-order chi connectivity index (χ0) is 17.5. The Bertz CT molecular complexity index is 699. The highest BCUT2D eigenvalue weighted by molar-refractivity contribution is 5.91. The lowest BCUT2D eigenvalue weighted by Gasteiger charge is -2.36. The van der Waals surface area contributed by atoms with Gasteiger partial charge in [-0.25, -0.2) is 0 Å². The highest BCUT2D eigenvalue weighted by Crippen LogP contribution is 2.22. The van der Waals surface area contributed by atoms with E-state index in [9.17, 15) is 4.79 Å². The van der Waals surface area contributed by atoms with E-state index in [4.69, 9.17) is 4.74 Å². The Morgan fingerprint density at radius 2 is 2.27 bits per heavy atom. The lowest BCUT2D eigenvalue weighted by molar-refractivity contribution is -0.116. The molecule has 1 aliphatic rings. The van der Waals surface area contributed by atoms with E-state index in [1.54, 1.807) is 13.3 Å². The monoisotopic (exact) mass is 376 g/mol. The van der Waals surface area contributed by atoms with E-state index < -0.39 is 0 Å². The van der Waals surface area contributed by atoms with Crippen molar-refractivity contribution in [3.05, 3.63) is 54.4 Å². The fraction of sp³-hybridized carbons (Fsp3) is 0.368. The molecule has 0 aliphatic carbocycles. The van der Waals surface area contributed by atoms with Crippen LogP contribution in [0.2, 0.25) is 0 Å². The Balaban J connectivity index is 0.00000243. The predicted molar refractivity (Wildman–Crippen MR) is 105 cm³/mol. The van der Waals surface area contributed by atoms with Crippen LogP contribution in [0, 0.1) is 0 Å². The molecule has 2 aromatic rings. The number of pyridine rings is 1. The van der Waals surface area contributed by atoms with Crippen LogP contribution in [0.25, 0.3) is 0 Å². The van der Waals surface area contributed by atoms with Crippen molar-refractivity contribution in [2.45, 2.75) is 12.5 Å². The van der Waals surface area contributed by atoms with E-state index in [0.29, 0.717) is 6.42 Å². The molecule has 140 valence electrons. The van der Waals surface area contributed by atoms with Gasteiger partial charge in [-0.1, -0.05) is 12.1 Å². The fourth-order valence-electron chi connectivity index (χ4n) is 3.09. The number of rotatable bonds is 6. The van der Waals surface area contributed by atoms with Crippen LogP contribution in [0.1, 0.15) is 18.0 Å². The molecule has 1 aromatic heterocycles. The van der Waals surface area contributed by atoms with Gasteiger partial charge in [0.1, 0.15) is 5.75 Å². The second-order valence-corrected chi connectivity index (χ2v) is 6.07. The average molecular weight is 377 g/mol. The molecule has 3 rings (SSSR count). The van der Waals surface area contributed by atoms with Gasteiger partial charge < -0.3 is 15.4 Å². The minimum absolute atomic E-state index is 0. The lowest BCUT2D eigenvalue weighted by Crippen LogP contribution is -2.46. The highest BCUT2D eigenvalue weighted by atomic mass is 35.5. The van der Waals surface area contributed by atoms with Crippen molar-refractivity contribution >= 4 is 24.0 Å². The molecule has 0 bridgehead atoms. The molecule has 1 atom stereocenters. The quantitative estimate of drug-likeness (QED) is 0.810. The van der Waals surface area contributed by atoms with Crippen LogP contribution in [0.3, 0.4) is 0 Å². The summed E-state index contributed by atoms with van der Waals surface area (Å²) < 4.78 is 5.18. The summed E-state index contributed by atoms with van der Waals surface area (Å²) in [6, 6.07) is 11.7. The largest absolute Gasteiger partial charge is 0.497 e. The number of hydrogen-bond acceptors (Lipinski definition) is 5. The number of methoxy groups -OCH3 is 1. The van der Waals surface area contributed by atoms with Crippen molar-refractivity contribution in [3.8, 4) is 5.75 Å². The van der Waals surface area contributed by atoms with Gasteiger partial charge in [0.2, 0.25) is 5.91 Å². The predicted octanol–water partition coefficient (Wildman–Crippen LogP) is 2.49. The van der Waals surface area contributed by atoms with E-state index in [1.807, 2.05) is 36.5 Å². The fourth-order valence-corrected chi connectivity index (χ4v) is 3.09. The molecule has 1 unspecified atom stereocenters. The van der Waals surface area contributed by atoms with Gasteiger partial charge in [0.05, 0.1) is 7.11 Å². The molecule has 1 aliphatic heterocycles. The Morgan fingerprint density at radius 3 is 3.04 bits per heavy atom. The van der Waals surface area contributed by atoms with Crippen molar-refractivity contribution in [1.82, 2.24) is 15.2 Å². The molecular weight excluding hydrogens is 352 g/mol. The maximum Gasteiger partial charge on any atom is 0.225 e. The number of anilines is 1. The first-order valence-electron chi connectivity index (χ1n) is 8.55. The summed E-state index contributed by atoms with van der Waals surface area (Å²) in [5.41, 5.74) is 1.94. The summed E-state index contributed by atoms with van der Waals surface area (Å²) in [4.78, 5) is 18.9. The Hall–Kier alpha value is -2.15. The number of aromatic nitrogens is 1. The number of amides is 1. The first kappa shape index (κ1) is 20.2. The number of piperazine rings is 1. The van der Waals surface area contributed by atoms with Gasteiger partial charge in [0.25, 0.3) is 0 Å². The van der Waals surface area contributed by atoms with Gasteiger partial charge in [0, 0.05) is 62.8 Å². The SMILES string of the molecule is COc1cccc(NC(=O)CCN2CCNCC2c2cccnc2)c1.Cl. The number of benzene rings is 1. The van der Waals surface area contributed by atoms with E-state index in [1.165, 1.54) is 5.56 Å². The molecule has 0 spiro atoms. The van der Waals surface area contributed by atoms with E-state index >= 15 is 0 Å². The third-order valence-electron chi connectivity index (χ3n) is 4.40. The lowest BCUT2D eigenvalue weighted by atomic mass is 10.1. The molecule has 1 fully saturated rings. The van der Waals surface area contributed by atoms with Gasteiger partial charge in [0.15, 0.2) is 0 Å². The van der Waals surface area contributed by atoms with Crippen molar-refractivity contribution in [2.24, 2.45) is 0 Å². The summed E-state index contributed by atoms with van der Waals surface area (Å²) in [7, 11) is 1.61. The first-order chi connectivity index (χ1) is 12.3. The zero-order valence-electron chi connectivity index (χ0n) is 14.9. The maximum atomic E-state index is 12.3. The van der Waals surface area contributed by atoms with Crippen LogP contribution in [-0.4, -0.2) is 49.1 Å².